The summed E-state index contributed by atoms with van der Waals surface area (Å²) in [5.41, 5.74) is 1.16. The van der Waals surface area contributed by atoms with Crippen molar-refractivity contribution in [2.75, 3.05) is 12.4 Å². The standard InChI is InChI=1S/C16H20N4O2/c1-4-11(2)19-16(21)14-9-15(18-10-17-14)20-12-6-5-7-13(8-12)22-3/h5-11H,4H2,1-3H3,(H,19,21)(H,17,18,20). The first kappa shape index (κ1) is 15.8. The Morgan fingerprint density at radius 3 is 2.86 bits per heavy atom. The van der Waals surface area contributed by atoms with Crippen LogP contribution in [0.25, 0.3) is 0 Å². The third-order valence-corrected chi connectivity index (χ3v) is 3.23. The number of methoxy groups -OCH3 is 1. The van der Waals surface area contributed by atoms with E-state index in [1.165, 1.54) is 6.33 Å². The van der Waals surface area contributed by atoms with Gasteiger partial charge in [-0.1, -0.05) is 13.0 Å². The predicted octanol–water partition coefficient (Wildman–Crippen LogP) is 2.76. The zero-order valence-electron chi connectivity index (χ0n) is 13.0. The van der Waals surface area contributed by atoms with Crippen molar-refractivity contribution in [1.29, 1.82) is 0 Å². The van der Waals surface area contributed by atoms with Crippen molar-refractivity contribution in [1.82, 2.24) is 15.3 Å². The van der Waals surface area contributed by atoms with Crippen molar-refractivity contribution < 1.29 is 9.53 Å². The molecule has 2 N–H and O–H groups in total. The van der Waals surface area contributed by atoms with Crippen LogP contribution in [0.2, 0.25) is 0 Å². The van der Waals surface area contributed by atoms with Gasteiger partial charge in [-0.15, -0.1) is 0 Å². The summed E-state index contributed by atoms with van der Waals surface area (Å²) in [5.74, 6) is 1.09. The highest BCUT2D eigenvalue weighted by molar-refractivity contribution is 5.93. The molecule has 0 radical (unpaired) electrons. The van der Waals surface area contributed by atoms with Crippen LogP contribution < -0.4 is 15.4 Å². The number of hydrogen-bond acceptors (Lipinski definition) is 5. The number of carbonyl (C=O) groups excluding carboxylic acids is 1. The molecule has 1 aromatic heterocycles. The van der Waals surface area contributed by atoms with Crippen LogP contribution in [0.1, 0.15) is 30.8 Å². The van der Waals surface area contributed by atoms with E-state index in [1.807, 2.05) is 38.1 Å². The molecule has 1 amide bonds. The fourth-order valence-corrected chi connectivity index (χ4v) is 1.80. The molecule has 0 aliphatic carbocycles. The number of hydrogen-bond donors (Lipinski definition) is 2. The summed E-state index contributed by atoms with van der Waals surface area (Å²) >= 11 is 0. The van der Waals surface area contributed by atoms with Gasteiger partial charge in [-0.3, -0.25) is 4.79 Å². The van der Waals surface area contributed by atoms with Gasteiger partial charge in [-0.2, -0.15) is 0 Å². The highest BCUT2D eigenvalue weighted by Crippen LogP contribution is 2.20. The number of amides is 1. The Kier molecular flexibility index (Phi) is 5.30. The summed E-state index contributed by atoms with van der Waals surface area (Å²) < 4.78 is 5.17. The second-order valence-electron chi connectivity index (χ2n) is 4.93. The smallest absolute Gasteiger partial charge is 0.270 e. The highest BCUT2D eigenvalue weighted by atomic mass is 16.5. The van der Waals surface area contributed by atoms with Crippen LogP contribution in [-0.2, 0) is 0 Å². The molecule has 1 aromatic carbocycles. The Morgan fingerprint density at radius 1 is 1.32 bits per heavy atom. The van der Waals surface area contributed by atoms with Crippen LogP contribution in [0.4, 0.5) is 11.5 Å². The monoisotopic (exact) mass is 300 g/mol. The number of benzene rings is 1. The lowest BCUT2D eigenvalue weighted by Gasteiger charge is -2.11. The molecule has 22 heavy (non-hydrogen) atoms. The molecule has 6 heteroatoms. The number of ether oxygens (including phenoxy) is 1. The molecule has 2 aromatic rings. The van der Waals surface area contributed by atoms with Crippen molar-refractivity contribution in [3.63, 3.8) is 0 Å². The third-order valence-electron chi connectivity index (χ3n) is 3.23. The fraction of sp³-hybridized carbons (Fsp3) is 0.312. The molecule has 0 saturated heterocycles. The van der Waals surface area contributed by atoms with Crippen LogP contribution in [-0.4, -0.2) is 29.0 Å². The Bertz CT molecular complexity index is 646. The maximum atomic E-state index is 12.1. The molecule has 0 aliphatic heterocycles. The topological polar surface area (TPSA) is 76.1 Å². The SMILES string of the molecule is CCC(C)NC(=O)c1cc(Nc2cccc(OC)c2)ncn1. The maximum absolute atomic E-state index is 12.1. The van der Waals surface area contributed by atoms with Gasteiger partial charge in [0.15, 0.2) is 0 Å². The largest absolute Gasteiger partial charge is 0.497 e. The highest BCUT2D eigenvalue weighted by Gasteiger charge is 2.11. The summed E-state index contributed by atoms with van der Waals surface area (Å²) in [6, 6.07) is 9.20. The van der Waals surface area contributed by atoms with Gasteiger partial charge in [0, 0.05) is 23.9 Å². The average molecular weight is 300 g/mol. The van der Waals surface area contributed by atoms with E-state index >= 15 is 0 Å². The Balaban J connectivity index is 2.12. The Morgan fingerprint density at radius 2 is 2.14 bits per heavy atom. The minimum Gasteiger partial charge on any atom is -0.497 e. The van der Waals surface area contributed by atoms with Crippen molar-refractivity contribution >= 4 is 17.4 Å². The van der Waals surface area contributed by atoms with Gasteiger partial charge in [0.25, 0.3) is 5.91 Å². The number of nitrogens with zero attached hydrogens (tertiary/aromatic N) is 2. The molecule has 1 atom stereocenters. The second kappa shape index (κ2) is 7.40. The maximum Gasteiger partial charge on any atom is 0.270 e. The molecular formula is C16H20N4O2. The van der Waals surface area contributed by atoms with Gasteiger partial charge >= 0.3 is 0 Å². The molecule has 6 nitrogen and oxygen atoms in total. The summed E-state index contributed by atoms with van der Waals surface area (Å²) in [5, 5.41) is 6.01. The van der Waals surface area contributed by atoms with Gasteiger partial charge in [0.05, 0.1) is 7.11 Å². The first-order chi connectivity index (χ1) is 10.6. The van der Waals surface area contributed by atoms with E-state index in [4.69, 9.17) is 4.74 Å². The van der Waals surface area contributed by atoms with Crippen LogP contribution in [0.5, 0.6) is 5.75 Å². The molecule has 2 rings (SSSR count). The van der Waals surface area contributed by atoms with E-state index < -0.39 is 0 Å². The summed E-state index contributed by atoms with van der Waals surface area (Å²) in [6.07, 6.45) is 2.24. The van der Waals surface area contributed by atoms with Gasteiger partial charge in [-0.05, 0) is 25.5 Å². The van der Waals surface area contributed by atoms with Crippen molar-refractivity contribution in [3.05, 3.63) is 42.4 Å². The van der Waals surface area contributed by atoms with Gasteiger partial charge < -0.3 is 15.4 Å². The summed E-state index contributed by atoms with van der Waals surface area (Å²) in [4.78, 5) is 20.2. The number of rotatable bonds is 6. The number of anilines is 2. The van der Waals surface area contributed by atoms with E-state index in [0.29, 0.717) is 11.5 Å². The Hall–Kier alpha value is -2.63. The molecule has 0 aliphatic rings. The lowest BCUT2D eigenvalue weighted by atomic mass is 10.2. The van der Waals surface area contributed by atoms with Crippen LogP contribution >= 0.6 is 0 Å². The lowest BCUT2D eigenvalue weighted by molar-refractivity contribution is 0.0934. The van der Waals surface area contributed by atoms with Gasteiger partial charge in [0.2, 0.25) is 0 Å². The van der Waals surface area contributed by atoms with E-state index in [1.54, 1.807) is 13.2 Å². The first-order valence-electron chi connectivity index (χ1n) is 7.16. The number of nitrogens with one attached hydrogen (secondary N) is 2. The van der Waals surface area contributed by atoms with Gasteiger partial charge in [-0.25, -0.2) is 9.97 Å². The zero-order chi connectivity index (χ0) is 15.9. The van der Waals surface area contributed by atoms with Crippen molar-refractivity contribution in [3.8, 4) is 5.75 Å². The van der Waals surface area contributed by atoms with Crippen LogP contribution in [0.15, 0.2) is 36.7 Å². The molecule has 116 valence electrons. The molecule has 1 heterocycles. The average Bonchev–Trinajstić information content (AvgIpc) is 2.55. The summed E-state index contributed by atoms with van der Waals surface area (Å²) in [7, 11) is 1.61. The number of aromatic nitrogens is 2. The summed E-state index contributed by atoms with van der Waals surface area (Å²) in [6.45, 7) is 3.97. The first-order valence-corrected chi connectivity index (χ1v) is 7.16. The van der Waals surface area contributed by atoms with E-state index in [9.17, 15) is 4.79 Å². The van der Waals surface area contributed by atoms with Gasteiger partial charge in [0.1, 0.15) is 23.6 Å². The molecule has 0 bridgehead atoms. The van der Waals surface area contributed by atoms with Crippen LogP contribution in [0.3, 0.4) is 0 Å². The molecular weight excluding hydrogens is 280 g/mol. The zero-order valence-corrected chi connectivity index (χ0v) is 13.0. The normalized spacial score (nSPS) is 11.6. The second-order valence-corrected chi connectivity index (χ2v) is 4.93. The lowest BCUT2D eigenvalue weighted by Crippen LogP contribution is -2.32. The number of carbonyl (C=O) groups is 1. The molecule has 1 unspecified atom stereocenters. The van der Waals surface area contributed by atoms with E-state index in [-0.39, 0.29) is 11.9 Å². The quantitative estimate of drug-likeness (QED) is 0.858. The van der Waals surface area contributed by atoms with Crippen molar-refractivity contribution in [2.24, 2.45) is 0 Å². The fourth-order valence-electron chi connectivity index (χ4n) is 1.80. The molecule has 0 saturated carbocycles. The van der Waals surface area contributed by atoms with E-state index in [0.717, 1.165) is 17.9 Å². The Labute approximate surface area is 129 Å². The minimum absolute atomic E-state index is 0.109. The molecule has 0 spiro atoms. The van der Waals surface area contributed by atoms with Crippen LogP contribution in [0, 0.1) is 0 Å². The van der Waals surface area contributed by atoms with E-state index in [2.05, 4.69) is 20.6 Å². The third kappa shape index (κ3) is 4.18. The van der Waals surface area contributed by atoms with Crippen molar-refractivity contribution in [2.45, 2.75) is 26.3 Å². The minimum atomic E-state index is -0.203. The predicted molar refractivity (Wildman–Crippen MR) is 85.5 cm³/mol. The molecule has 0 fully saturated rings.